The van der Waals surface area contributed by atoms with Gasteiger partial charge in [0.2, 0.25) is 5.91 Å². The molecule has 0 spiro atoms. The van der Waals surface area contributed by atoms with Crippen LogP contribution in [0.5, 0.6) is 0 Å². The summed E-state index contributed by atoms with van der Waals surface area (Å²) in [6.45, 7) is 2.97. The number of benzene rings is 1. The van der Waals surface area contributed by atoms with E-state index in [1.165, 1.54) is 5.56 Å². The van der Waals surface area contributed by atoms with Crippen molar-refractivity contribution in [2.75, 3.05) is 11.4 Å². The van der Waals surface area contributed by atoms with Crippen molar-refractivity contribution in [1.82, 2.24) is 0 Å². The highest BCUT2D eigenvalue weighted by Gasteiger charge is 2.27. The minimum Gasteiger partial charge on any atom is -0.311 e. The lowest BCUT2D eigenvalue weighted by atomic mass is 10.1. The highest BCUT2D eigenvalue weighted by atomic mass is 79.9. The van der Waals surface area contributed by atoms with Crippen LogP contribution in [0.3, 0.4) is 0 Å². The molecule has 1 aromatic rings. The van der Waals surface area contributed by atoms with E-state index in [4.69, 9.17) is 0 Å². The Morgan fingerprint density at radius 1 is 1.38 bits per heavy atom. The molecule has 1 unspecified atom stereocenters. The second-order valence-corrected chi connectivity index (χ2v) is 5.22. The van der Waals surface area contributed by atoms with E-state index in [-0.39, 0.29) is 10.7 Å². The van der Waals surface area contributed by atoms with Crippen LogP contribution in [0.2, 0.25) is 0 Å². The van der Waals surface area contributed by atoms with Crippen molar-refractivity contribution in [3.8, 4) is 0 Å². The van der Waals surface area contributed by atoms with E-state index >= 15 is 0 Å². The smallest absolute Gasteiger partial charge is 0.240 e. The Morgan fingerprint density at radius 3 is 2.69 bits per heavy atom. The summed E-state index contributed by atoms with van der Waals surface area (Å²) < 4.78 is 0. The molecular formula is C13H16BrNO. The number of carbonyl (C=O) groups is 1. The Hall–Kier alpha value is -0.830. The Bertz CT molecular complexity index is 374. The molecule has 0 radical (unpaired) electrons. The van der Waals surface area contributed by atoms with Gasteiger partial charge in [-0.15, -0.1) is 0 Å². The van der Waals surface area contributed by atoms with Gasteiger partial charge in [0, 0.05) is 12.2 Å². The third-order valence-corrected chi connectivity index (χ3v) is 3.88. The van der Waals surface area contributed by atoms with Gasteiger partial charge in [0.25, 0.3) is 0 Å². The Kier molecular flexibility index (Phi) is 3.64. The zero-order valence-corrected chi connectivity index (χ0v) is 11.0. The molecule has 1 fully saturated rings. The van der Waals surface area contributed by atoms with Gasteiger partial charge in [0.15, 0.2) is 0 Å². The van der Waals surface area contributed by atoms with Crippen molar-refractivity contribution in [2.24, 2.45) is 0 Å². The molecule has 1 atom stereocenters. The van der Waals surface area contributed by atoms with Crippen LogP contribution >= 0.6 is 15.9 Å². The fourth-order valence-electron chi connectivity index (χ4n) is 2.00. The minimum atomic E-state index is -0.00731. The summed E-state index contributed by atoms with van der Waals surface area (Å²) in [5, 5.41) is 0. The first-order valence-electron chi connectivity index (χ1n) is 5.76. The number of hydrogen-bond donors (Lipinski definition) is 0. The average molecular weight is 282 g/mol. The third-order valence-electron chi connectivity index (χ3n) is 3.03. The molecule has 0 N–H and O–H groups in total. The number of halogens is 1. The Balaban J connectivity index is 2.19. The Morgan fingerprint density at radius 2 is 2.06 bits per heavy atom. The maximum atomic E-state index is 12.0. The fourth-order valence-corrected chi connectivity index (χ4v) is 2.57. The molecule has 16 heavy (non-hydrogen) atoms. The summed E-state index contributed by atoms with van der Waals surface area (Å²) in [6, 6.07) is 8.28. The van der Waals surface area contributed by atoms with Crippen LogP contribution in [0.1, 0.15) is 25.3 Å². The van der Waals surface area contributed by atoms with Gasteiger partial charge in [0.1, 0.15) is 0 Å². The topological polar surface area (TPSA) is 20.3 Å². The third kappa shape index (κ3) is 2.29. The molecule has 3 heteroatoms. The number of hydrogen-bond acceptors (Lipinski definition) is 1. The standard InChI is InChI=1S/C13H16BrNO/c1-2-10-5-7-11(8-6-10)15-9-3-4-12(14)13(15)16/h5-8,12H,2-4,9H2,1H3. The summed E-state index contributed by atoms with van der Waals surface area (Å²) in [5.74, 6) is 0.190. The van der Waals surface area contributed by atoms with E-state index in [9.17, 15) is 4.79 Å². The first-order valence-corrected chi connectivity index (χ1v) is 6.68. The number of amides is 1. The van der Waals surface area contributed by atoms with Crippen molar-refractivity contribution in [2.45, 2.75) is 31.0 Å². The largest absolute Gasteiger partial charge is 0.311 e. The number of piperidine rings is 1. The van der Waals surface area contributed by atoms with Gasteiger partial charge in [0.05, 0.1) is 4.83 Å². The SMILES string of the molecule is CCc1ccc(N2CCCC(Br)C2=O)cc1. The second-order valence-electron chi connectivity index (χ2n) is 4.12. The van der Waals surface area contributed by atoms with E-state index in [1.54, 1.807) is 0 Å². The van der Waals surface area contributed by atoms with Crippen molar-refractivity contribution < 1.29 is 4.79 Å². The number of aryl methyl sites for hydroxylation is 1. The molecule has 2 rings (SSSR count). The average Bonchev–Trinajstić information content (AvgIpc) is 2.33. The molecule has 0 aliphatic carbocycles. The van der Waals surface area contributed by atoms with Gasteiger partial charge < -0.3 is 4.90 Å². The van der Waals surface area contributed by atoms with E-state index < -0.39 is 0 Å². The molecule has 0 saturated carbocycles. The van der Waals surface area contributed by atoms with E-state index in [0.29, 0.717) is 0 Å². The maximum absolute atomic E-state index is 12.0. The van der Waals surface area contributed by atoms with Crippen molar-refractivity contribution in [3.05, 3.63) is 29.8 Å². The monoisotopic (exact) mass is 281 g/mol. The van der Waals surface area contributed by atoms with Crippen LogP contribution in [0, 0.1) is 0 Å². The molecule has 0 bridgehead atoms. The number of alkyl halides is 1. The maximum Gasteiger partial charge on any atom is 0.240 e. The van der Waals surface area contributed by atoms with Crippen LogP contribution in [0.15, 0.2) is 24.3 Å². The molecule has 86 valence electrons. The summed E-state index contributed by atoms with van der Waals surface area (Å²) in [7, 11) is 0. The number of nitrogens with zero attached hydrogens (tertiary/aromatic N) is 1. The predicted octanol–water partition coefficient (Wildman–Crippen LogP) is 3.14. The second kappa shape index (κ2) is 5.00. The number of anilines is 1. The van der Waals surface area contributed by atoms with E-state index in [2.05, 4.69) is 35.0 Å². The summed E-state index contributed by atoms with van der Waals surface area (Å²) in [4.78, 5) is 13.8. The van der Waals surface area contributed by atoms with Crippen LogP contribution in [-0.2, 0) is 11.2 Å². The fraction of sp³-hybridized carbons (Fsp3) is 0.462. The quantitative estimate of drug-likeness (QED) is 0.763. The summed E-state index contributed by atoms with van der Waals surface area (Å²) in [5.41, 5.74) is 2.33. The van der Waals surface area contributed by atoms with E-state index in [0.717, 1.165) is 31.5 Å². The van der Waals surface area contributed by atoms with Crippen molar-refractivity contribution in [1.29, 1.82) is 0 Å². The van der Waals surface area contributed by atoms with Gasteiger partial charge in [-0.1, -0.05) is 35.0 Å². The highest BCUT2D eigenvalue weighted by molar-refractivity contribution is 9.10. The summed E-state index contributed by atoms with van der Waals surface area (Å²) >= 11 is 3.43. The van der Waals surface area contributed by atoms with E-state index in [1.807, 2.05) is 17.0 Å². The highest BCUT2D eigenvalue weighted by Crippen LogP contribution is 2.24. The van der Waals surface area contributed by atoms with Crippen LogP contribution in [0.25, 0.3) is 0 Å². The normalized spacial score (nSPS) is 21.2. The molecule has 1 aromatic carbocycles. The molecule has 1 saturated heterocycles. The minimum absolute atomic E-state index is 0.00731. The molecule has 0 aromatic heterocycles. The predicted molar refractivity (Wildman–Crippen MR) is 70.1 cm³/mol. The number of carbonyl (C=O) groups excluding carboxylic acids is 1. The lowest BCUT2D eigenvalue weighted by Gasteiger charge is -2.29. The molecular weight excluding hydrogens is 266 g/mol. The Labute approximate surface area is 105 Å². The van der Waals surface area contributed by atoms with Crippen LogP contribution < -0.4 is 4.90 Å². The summed E-state index contributed by atoms with van der Waals surface area (Å²) in [6.07, 6.45) is 3.05. The zero-order chi connectivity index (χ0) is 11.5. The first kappa shape index (κ1) is 11.6. The van der Waals surface area contributed by atoms with Gasteiger partial charge >= 0.3 is 0 Å². The zero-order valence-electron chi connectivity index (χ0n) is 9.45. The van der Waals surface area contributed by atoms with Gasteiger partial charge in [-0.25, -0.2) is 0 Å². The molecule has 2 nitrogen and oxygen atoms in total. The van der Waals surface area contributed by atoms with Crippen LogP contribution in [0.4, 0.5) is 5.69 Å². The first-order chi connectivity index (χ1) is 7.72. The van der Waals surface area contributed by atoms with Crippen molar-refractivity contribution >= 4 is 27.5 Å². The lowest BCUT2D eigenvalue weighted by Crippen LogP contribution is -2.41. The van der Waals surface area contributed by atoms with Gasteiger partial charge in [-0.05, 0) is 37.0 Å². The number of rotatable bonds is 2. The molecule has 1 heterocycles. The van der Waals surface area contributed by atoms with Gasteiger partial charge in [-0.3, -0.25) is 4.79 Å². The molecule has 1 aliphatic heterocycles. The molecule has 1 amide bonds. The lowest BCUT2D eigenvalue weighted by molar-refractivity contribution is -0.118. The van der Waals surface area contributed by atoms with Crippen LogP contribution in [-0.4, -0.2) is 17.3 Å². The van der Waals surface area contributed by atoms with Gasteiger partial charge in [-0.2, -0.15) is 0 Å². The molecule has 1 aliphatic rings. The van der Waals surface area contributed by atoms with Crippen molar-refractivity contribution in [3.63, 3.8) is 0 Å².